The molecule has 1 unspecified atom stereocenters. The van der Waals surface area contributed by atoms with Gasteiger partial charge in [0.15, 0.2) is 0 Å². The number of aryl methyl sites for hydroxylation is 1. The molecule has 18 heavy (non-hydrogen) atoms. The highest BCUT2D eigenvalue weighted by atomic mass is 32.2. The van der Waals surface area contributed by atoms with Crippen molar-refractivity contribution in [3.05, 3.63) is 60.2 Å². The summed E-state index contributed by atoms with van der Waals surface area (Å²) in [6.07, 6.45) is 0. The average Bonchev–Trinajstić information content (AvgIpc) is 2.38. The Labute approximate surface area is 109 Å². The summed E-state index contributed by atoms with van der Waals surface area (Å²) in [7, 11) is 0. The lowest BCUT2D eigenvalue weighted by atomic mass is 10.2. The number of nitrogens with zero attached hydrogens (tertiary/aromatic N) is 1. The lowest BCUT2D eigenvalue weighted by Gasteiger charge is -2.27. The van der Waals surface area contributed by atoms with E-state index in [4.69, 9.17) is 0 Å². The number of anilines is 2. The van der Waals surface area contributed by atoms with Gasteiger partial charge in [-0.3, -0.25) is 9.63 Å². The largest absolute Gasteiger partial charge is 0.754 e. The van der Waals surface area contributed by atoms with Crippen molar-refractivity contribution in [2.75, 3.05) is 9.84 Å². The zero-order valence-electron chi connectivity index (χ0n) is 9.87. The van der Waals surface area contributed by atoms with Crippen LogP contribution in [-0.2, 0) is 11.3 Å². The minimum absolute atomic E-state index is 0.567. The minimum Gasteiger partial charge on any atom is -0.754 e. The van der Waals surface area contributed by atoms with E-state index in [0.717, 1.165) is 9.98 Å². The molecule has 2 aromatic rings. The molecule has 2 rings (SSSR count). The lowest BCUT2D eigenvalue weighted by molar-refractivity contribution is 0.535. The molecule has 0 spiro atoms. The molecule has 0 radical (unpaired) electrons. The first kappa shape index (κ1) is 12.6. The second kappa shape index (κ2) is 5.66. The number of benzene rings is 2. The molecule has 1 N–H and O–H groups in total. The van der Waals surface area contributed by atoms with Crippen molar-refractivity contribution in [3.63, 3.8) is 0 Å². The van der Waals surface area contributed by atoms with Crippen molar-refractivity contribution in [2.24, 2.45) is 0 Å². The third-order valence-corrected chi connectivity index (χ3v) is 3.02. The molecule has 5 heteroatoms. The molecule has 94 valence electrons. The van der Waals surface area contributed by atoms with Crippen LogP contribution in [0.25, 0.3) is 0 Å². The number of para-hydroxylation sites is 1. The molecular formula is C13H13N2O2S-. The quantitative estimate of drug-likeness (QED) is 0.680. The van der Waals surface area contributed by atoms with Crippen molar-refractivity contribution in [1.82, 2.24) is 0 Å². The maximum Gasteiger partial charge on any atom is 0.0716 e. The molecule has 4 nitrogen and oxygen atoms in total. The van der Waals surface area contributed by atoms with Gasteiger partial charge in [0.25, 0.3) is 0 Å². The van der Waals surface area contributed by atoms with Gasteiger partial charge < -0.3 is 4.55 Å². The molecule has 0 heterocycles. The van der Waals surface area contributed by atoms with Gasteiger partial charge in [-0.1, -0.05) is 35.9 Å². The number of hydrazine groups is 1. The van der Waals surface area contributed by atoms with Crippen molar-refractivity contribution in [2.45, 2.75) is 6.92 Å². The first-order valence-electron chi connectivity index (χ1n) is 5.45. The summed E-state index contributed by atoms with van der Waals surface area (Å²) in [6, 6.07) is 16.4. The van der Waals surface area contributed by atoms with Gasteiger partial charge in [-0.15, -0.1) is 0 Å². The van der Waals surface area contributed by atoms with Crippen LogP contribution >= 0.6 is 0 Å². The Morgan fingerprint density at radius 2 is 1.67 bits per heavy atom. The molecule has 0 bridgehead atoms. The number of rotatable bonds is 4. The average molecular weight is 261 g/mol. The van der Waals surface area contributed by atoms with E-state index in [2.05, 4.69) is 5.43 Å². The molecular weight excluding hydrogens is 248 g/mol. The van der Waals surface area contributed by atoms with E-state index in [0.29, 0.717) is 11.4 Å². The Balaban J connectivity index is 2.24. The highest BCUT2D eigenvalue weighted by molar-refractivity contribution is 7.80. The second-order valence-corrected chi connectivity index (χ2v) is 4.62. The van der Waals surface area contributed by atoms with Crippen molar-refractivity contribution < 1.29 is 8.76 Å². The smallest absolute Gasteiger partial charge is 0.0716 e. The van der Waals surface area contributed by atoms with Gasteiger partial charge in [-0.05, 0) is 31.2 Å². The fourth-order valence-electron chi connectivity index (χ4n) is 1.50. The highest BCUT2D eigenvalue weighted by Crippen LogP contribution is 2.18. The Kier molecular flexibility index (Phi) is 3.96. The van der Waals surface area contributed by atoms with Gasteiger partial charge in [-0.25, -0.2) is 4.41 Å². The standard InChI is InChI=1S/C13H14N2O2S/c1-11-7-9-13(10-8-11)15(18(16)17)14-12-5-3-2-4-6-12/h2-10,14H,1H3,(H,16,17)/p-1. The maximum atomic E-state index is 11.3. The number of hydrogen-bond donors (Lipinski definition) is 1. The van der Waals surface area contributed by atoms with Crippen molar-refractivity contribution in [1.29, 1.82) is 0 Å². The van der Waals surface area contributed by atoms with Crippen LogP contribution in [0.2, 0.25) is 0 Å². The van der Waals surface area contributed by atoms with E-state index < -0.39 is 11.3 Å². The van der Waals surface area contributed by atoms with E-state index >= 15 is 0 Å². The van der Waals surface area contributed by atoms with Gasteiger partial charge in [0.2, 0.25) is 0 Å². The van der Waals surface area contributed by atoms with E-state index in [1.165, 1.54) is 0 Å². The van der Waals surface area contributed by atoms with E-state index in [1.54, 1.807) is 24.3 Å². The van der Waals surface area contributed by atoms with Crippen LogP contribution in [0, 0.1) is 6.92 Å². The fraction of sp³-hybridized carbons (Fsp3) is 0.0769. The number of hydrogen-bond acceptors (Lipinski definition) is 3. The van der Waals surface area contributed by atoms with Crippen LogP contribution in [0.15, 0.2) is 54.6 Å². The van der Waals surface area contributed by atoms with Gasteiger partial charge in [0, 0.05) is 0 Å². The molecule has 0 aromatic heterocycles. The van der Waals surface area contributed by atoms with E-state index in [9.17, 15) is 8.76 Å². The van der Waals surface area contributed by atoms with Crippen molar-refractivity contribution >= 4 is 22.6 Å². The van der Waals surface area contributed by atoms with Crippen molar-refractivity contribution in [3.8, 4) is 0 Å². The third kappa shape index (κ3) is 3.09. The first-order valence-corrected chi connectivity index (χ1v) is 6.48. The van der Waals surface area contributed by atoms with Gasteiger partial charge in [0.1, 0.15) is 0 Å². The van der Waals surface area contributed by atoms with Crippen LogP contribution in [0.5, 0.6) is 0 Å². The Morgan fingerprint density at radius 3 is 2.22 bits per heavy atom. The molecule has 0 amide bonds. The molecule has 0 aliphatic carbocycles. The summed E-state index contributed by atoms with van der Waals surface area (Å²) in [5, 5.41) is 0. The predicted molar refractivity (Wildman–Crippen MR) is 72.6 cm³/mol. The van der Waals surface area contributed by atoms with Crippen LogP contribution < -0.4 is 9.84 Å². The van der Waals surface area contributed by atoms with Crippen LogP contribution in [0.3, 0.4) is 0 Å². The van der Waals surface area contributed by atoms with Crippen LogP contribution in [0.4, 0.5) is 11.4 Å². The Bertz CT molecular complexity index is 528. The first-order chi connectivity index (χ1) is 8.66. The van der Waals surface area contributed by atoms with Gasteiger partial charge in [0.05, 0.1) is 22.6 Å². The topological polar surface area (TPSA) is 55.4 Å². The van der Waals surface area contributed by atoms with Crippen LogP contribution in [0.1, 0.15) is 5.56 Å². The molecule has 0 saturated carbocycles. The minimum atomic E-state index is -2.39. The monoisotopic (exact) mass is 261 g/mol. The summed E-state index contributed by atoms with van der Waals surface area (Å²) in [5.41, 5.74) is 5.19. The van der Waals surface area contributed by atoms with Crippen LogP contribution in [-0.4, -0.2) is 8.76 Å². The zero-order chi connectivity index (χ0) is 13.0. The second-order valence-electron chi connectivity index (χ2n) is 3.82. The highest BCUT2D eigenvalue weighted by Gasteiger charge is 2.06. The predicted octanol–water partition coefficient (Wildman–Crippen LogP) is 2.62. The molecule has 2 aromatic carbocycles. The van der Waals surface area contributed by atoms with Gasteiger partial charge >= 0.3 is 0 Å². The number of nitrogens with one attached hydrogen (secondary N) is 1. The van der Waals surface area contributed by atoms with E-state index in [-0.39, 0.29) is 0 Å². The maximum absolute atomic E-state index is 11.3. The third-order valence-electron chi connectivity index (χ3n) is 2.42. The van der Waals surface area contributed by atoms with E-state index in [1.807, 2.05) is 37.3 Å². The summed E-state index contributed by atoms with van der Waals surface area (Å²) >= 11 is -2.39. The lowest BCUT2D eigenvalue weighted by Crippen LogP contribution is -2.31. The summed E-state index contributed by atoms with van der Waals surface area (Å²) in [6.45, 7) is 1.95. The van der Waals surface area contributed by atoms with Gasteiger partial charge in [-0.2, -0.15) is 0 Å². The molecule has 0 fully saturated rings. The Hall–Kier alpha value is -1.85. The Morgan fingerprint density at radius 1 is 1.06 bits per heavy atom. The summed E-state index contributed by atoms with van der Waals surface area (Å²) < 4.78 is 23.6. The molecule has 0 aliphatic heterocycles. The summed E-state index contributed by atoms with van der Waals surface area (Å²) in [4.78, 5) is 0. The zero-order valence-corrected chi connectivity index (χ0v) is 10.7. The SMILES string of the molecule is Cc1ccc(N(Nc2ccccc2)S(=O)[O-])cc1. The molecule has 0 saturated heterocycles. The molecule has 1 atom stereocenters. The fourth-order valence-corrected chi connectivity index (χ4v) is 1.97. The molecule has 0 aliphatic rings. The summed E-state index contributed by atoms with van der Waals surface area (Å²) in [5.74, 6) is 0. The normalized spacial score (nSPS) is 11.9.